The summed E-state index contributed by atoms with van der Waals surface area (Å²) in [6.07, 6.45) is 0. The minimum absolute atomic E-state index is 0.430. The summed E-state index contributed by atoms with van der Waals surface area (Å²) in [6, 6.07) is 5.76. The van der Waals surface area contributed by atoms with Gasteiger partial charge in [-0.2, -0.15) is 0 Å². The quantitative estimate of drug-likeness (QED) is 0.634. The zero-order valence-electron chi connectivity index (χ0n) is 11.2. The van der Waals surface area contributed by atoms with Crippen molar-refractivity contribution < 1.29 is 9.47 Å². The van der Waals surface area contributed by atoms with Crippen LogP contribution in [-0.2, 0) is 0 Å². The van der Waals surface area contributed by atoms with Crippen LogP contribution >= 0.6 is 22.9 Å². The van der Waals surface area contributed by atoms with E-state index in [0.717, 1.165) is 21.3 Å². The molecule has 6 heteroatoms. The van der Waals surface area contributed by atoms with Gasteiger partial charge in [-0.15, -0.1) is 11.3 Å². The predicted molar refractivity (Wildman–Crippen MR) is 83.6 cm³/mol. The summed E-state index contributed by atoms with van der Waals surface area (Å²) < 4.78 is 11.2. The van der Waals surface area contributed by atoms with Crippen LogP contribution < -0.4 is 9.47 Å². The third-order valence-corrected chi connectivity index (χ3v) is 4.68. The number of aryl methyl sites for hydroxylation is 1. The molecule has 0 aliphatic carbocycles. The number of hydrogen-bond acceptors (Lipinski definition) is 5. The molecule has 0 fully saturated rings. The molecule has 0 radical (unpaired) electrons. The van der Waals surface area contributed by atoms with Crippen LogP contribution in [0.25, 0.3) is 21.6 Å². The van der Waals surface area contributed by atoms with Gasteiger partial charge in [-0.05, 0) is 30.0 Å². The van der Waals surface area contributed by atoms with Gasteiger partial charge in [-0.1, -0.05) is 11.6 Å². The number of aromatic nitrogens is 2. The second kappa shape index (κ2) is 4.86. The molecule has 0 amide bonds. The molecule has 3 heterocycles. The lowest BCUT2D eigenvalue weighted by atomic mass is 10.2. The van der Waals surface area contributed by atoms with Crippen molar-refractivity contribution in [1.29, 1.82) is 0 Å². The maximum Gasteiger partial charge on any atom is 0.171 e. The molecule has 4 nitrogen and oxygen atoms in total. The lowest BCUT2D eigenvalue weighted by Gasteiger charge is -2.18. The summed E-state index contributed by atoms with van der Waals surface area (Å²) in [5.41, 5.74) is 1.91. The van der Waals surface area contributed by atoms with Crippen LogP contribution in [0.5, 0.6) is 11.5 Å². The fourth-order valence-corrected chi connectivity index (χ4v) is 3.42. The standard InChI is InChI=1S/C15H11ClN2O2S/c1-8-2-5-21-13(8)15-17-10-7-12-11(19-3-4-20-12)6-9(10)14(16)18-15/h2,5-7H,3-4H2,1H3. The molecule has 106 valence electrons. The van der Waals surface area contributed by atoms with E-state index in [0.29, 0.717) is 35.7 Å². The molecule has 3 aromatic rings. The lowest BCUT2D eigenvalue weighted by molar-refractivity contribution is 0.172. The van der Waals surface area contributed by atoms with Crippen molar-refractivity contribution in [2.75, 3.05) is 13.2 Å². The van der Waals surface area contributed by atoms with Gasteiger partial charge in [0.05, 0.1) is 10.4 Å². The minimum Gasteiger partial charge on any atom is -0.486 e. The van der Waals surface area contributed by atoms with Crippen LogP contribution in [0, 0.1) is 6.92 Å². The second-order valence-electron chi connectivity index (χ2n) is 4.78. The van der Waals surface area contributed by atoms with Gasteiger partial charge in [0.2, 0.25) is 0 Å². The number of fused-ring (bicyclic) bond motifs is 2. The van der Waals surface area contributed by atoms with E-state index in [-0.39, 0.29) is 0 Å². The average molecular weight is 319 g/mol. The Morgan fingerprint density at radius 3 is 2.62 bits per heavy atom. The Hall–Kier alpha value is -1.85. The number of benzene rings is 1. The Kier molecular flexibility index (Phi) is 2.97. The predicted octanol–water partition coefficient (Wildman–Crippen LogP) is 4.09. The molecule has 0 saturated carbocycles. The van der Waals surface area contributed by atoms with E-state index < -0.39 is 0 Å². The lowest BCUT2D eigenvalue weighted by Crippen LogP contribution is -2.15. The van der Waals surface area contributed by atoms with E-state index in [1.165, 1.54) is 0 Å². The van der Waals surface area contributed by atoms with Gasteiger partial charge in [0.25, 0.3) is 0 Å². The van der Waals surface area contributed by atoms with Crippen LogP contribution in [0.2, 0.25) is 5.15 Å². The molecule has 0 spiro atoms. The number of ether oxygens (including phenoxy) is 2. The molecule has 0 saturated heterocycles. The van der Waals surface area contributed by atoms with Gasteiger partial charge in [0, 0.05) is 11.5 Å². The van der Waals surface area contributed by atoms with Crippen molar-refractivity contribution in [3.8, 4) is 22.2 Å². The Morgan fingerprint density at radius 1 is 1.14 bits per heavy atom. The largest absolute Gasteiger partial charge is 0.486 e. The van der Waals surface area contributed by atoms with Gasteiger partial charge in [-0.3, -0.25) is 0 Å². The summed E-state index contributed by atoms with van der Waals surface area (Å²) in [5, 5.41) is 3.23. The van der Waals surface area contributed by atoms with Gasteiger partial charge in [0.1, 0.15) is 18.4 Å². The van der Waals surface area contributed by atoms with E-state index in [1.807, 2.05) is 30.5 Å². The van der Waals surface area contributed by atoms with Crippen molar-refractivity contribution in [1.82, 2.24) is 9.97 Å². The summed E-state index contributed by atoms with van der Waals surface area (Å²) in [6.45, 7) is 3.13. The molecule has 0 atom stereocenters. The van der Waals surface area contributed by atoms with E-state index in [2.05, 4.69) is 9.97 Å². The summed E-state index contributed by atoms with van der Waals surface area (Å²) in [7, 11) is 0. The Bertz CT molecular complexity index is 847. The fraction of sp³-hybridized carbons (Fsp3) is 0.200. The SMILES string of the molecule is Cc1ccsc1-c1nc(Cl)c2cc3c(cc2n1)OCCO3. The number of hydrogen-bond donors (Lipinski definition) is 0. The van der Waals surface area contributed by atoms with Crippen molar-refractivity contribution in [3.05, 3.63) is 34.3 Å². The molecule has 1 aliphatic rings. The first-order valence-corrected chi connectivity index (χ1v) is 7.79. The fourth-order valence-electron chi connectivity index (χ4n) is 2.33. The highest BCUT2D eigenvalue weighted by Gasteiger charge is 2.17. The van der Waals surface area contributed by atoms with Crippen LogP contribution in [0.15, 0.2) is 23.6 Å². The summed E-state index contributed by atoms with van der Waals surface area (Å²) in [5.74, 6) is 2.05. The first-order valence-electron chi connectivity index (χ1n) is 6.54. The first kappa shape index (κ1) is 12.9. The van der Waals surface area contributed by atoms with Gasteiger partial charge in [-0.25, -0.2) is 9.97 Å². The molecule has 21 heavy (non-hydrogen) atoms. The van der Waals surface area contributed by atoms with Crippen LogP contribution in [0.3, 0.4) is 0 Å². The normalized spacial score (nSPS) is 13.6. The molecule has 0 bridgehead atoms. The number of rotatable bonds is 1. The Labute approximate surface area is 130 Å². The number of nitrogens with zero attached hydrogens (tertiary/aromatic N) is 2. The highest BCUT2D eigenvalue weighted by molar-refractivity contribution is 7.13. The smallest absolute Gasteiger partial charge is 0.171 e. The zero-order chi connectivity index (χ0) is 14.4. The third kappa shape index (κ3) is 2.13. The molecule has 0 unspecified atom stereocenters. The highest BCUT2D eigenvalue weighted by Crippen LogP contribution is 2.37. The van der Waals surface area contributed by atoms with Crippen LogP contribution in [-0.4, -0.2) is 23.2 Å². The van der Waals surface area contributed by atoms with Crippen molar-refractivity contribution in [2.24, 2.45) is 0 Å². The topological polar surface area (TPSA) is 44.2 Å². The zero-order valence-corrected chi connectivity index (χ0v) is 12.8. The van der Waals surface area contributed by atoms with E-state index >= 15 is 0 Å². The molecule has 4 rings (SSSR count). The highest BCUT2D eigenvalue weighted by atomic mass is 35.5. The number of halogens is 1. The minimum atomic E-state index is 0.430. The summed E-state index contributed by atoms with van der Waals surface area (Å²) >= 11 is 7.94. The Balaban J connectivity index is 1.95. The van der Waals surface area contributed by atoms with Crippen molar-refractivity contribution in [2.45, 2.75) is 6.92 Å². The monoisotopic (exact) mass is 318 g/mol. The van der Waals surface area contributed by atoms with Crippen molar-refractivity contribution >= 4 is 33.8 Å². The van der Waals surface area contributed by atoms with Gasteiger partial charge in [0.15, 0.2) is 17.3 Å². The average Bonchev–Trinajstić information content (AvgIpc) is 2.91. The maximum absolute atomic E-state index is 6.33. The van der Waals surface area contributed by atoms with Crippen LogP contribution in [0.4, 0.5) is 0 Å². The molecule has 2 aromatic heterocycles. The Morgan fingerprint density at radius 2 is 1.90 bits per heavy atom. The first-order chi connectivity index (χ1) is 10.2. The molecule has 0 N–H and O–H groups in total. The van der Waals surface area contributed by atoms with Gasteiger partial charge >= 0.3 is 0 Å². The van der Waals surface area contributed by atoms with Crippen LogP contribution in [0.1, 0.15) is 5.56 Å². The molecular formula is C15H11ClN2O2S. The van der Waals surface area contributed by atoms with E-state index in [4.69, 9.17) is 21.1 Å². The van der Waals surface area contributed by atoms with Crippen molar-refractivity contribution in [3.63, 3.8) is 0 Å². The molecule has 1 aliphatic heterocycles. The summed E-state index contributed by atoms with van der Waals surface area (Å²) in [4.78, 5) is 10.1. The van der Waals surface area contributed by atoms with E-state index in [9.17, 15) is 0 Å². The molecule has 1 aromatic carbocycles. The maximum atomic E-state index is 6.33. The van der Waals surface area contributed by atoms with E-state index in [1.54, 1.807) is 11.3 Å². The third-order valence-electron chi connectivity index (χ3n) is 3.38. The number of thiophene rings is 1. The molecular weight excluding hydrogens is 308 g/mol. The van der Waals surface area contributed by atoms with Gasteiger partial charge < -0.3 is 9.47 Å². The second-order valence-corrected chi connectivity index (χ2v) is 6.06.